The van der Waals surface area contributed by atoms with Crippen molar-refractivity contribution in [3.05, 3.63) is 64.1 Å². The van der Waals surface area contributed by atoms with Gasteiger partial charge in [-0.15, -0.1) is 0 Å². The van der Waals surface area contributed by atoms with Crippen LogP contribution in [0.5, 0.6) is 0 Å². The molecule has 2 N–H and O–H groups in total. The lowest BCUT2D eigenvalue weighted by Crippen LogP contribution is -2.44. The summed E-state index contributed by atoms with van der Waals surface area (Å²) in [6.45, 7) is 5.00. The number of anilines is 1. The van der Waals surface area contributed by atoms with Gasteiger partial charge in [-0.3, -0.25) is 9.59 Å². The lowest BCUT2D eigenvalue weighted by atomic mass is 9.73. The molecule has 0 atom stereocenters. The first-order valence-electron chi connectivity index (χ1n) is 9.92. The summed E-state index contributed by atoms with van der Waals surface area (Å²) in [5.41, 5.74) is 2.04. The second kappa shape index (κ2) is 9.55. The number of rotatable bonds is 6. The van der Waals surface area contributed by atoms with E-state index in [1.807, 2.05) is 62.4 Å². The van der Waals surface area contributed by atoms with Gasteiger partial charge in [0.2, 0.25) is 11.8 Å². The maximum absolute atomic E-state index is 13.3. The third-order valence-electron chi connectivity index (χ3n) is 5.20. The lowest BCUT2D eigenvalue weighted by Gasteiger charge is -2.36. The predicted octanol–water partition coefficient (Wildman–Crippen LogP) is 4.20. The molecular weight excluding hydrogens is 432 g/mol. The number of halogens is 1. The van der Waals surface area contributed by atoms with E-state index in [1.165, 1.54) is 0 Å². The number of ether oxygens (including phenoxy) is 1. The highest BCUT2D eigenvalue weighted by Crippen LogP contribution is 2.36. The minimum Gasteiger partial charge on any atom is -0.381 e. The van der Waals surface area contributed by atoms with Gasteiger partial charge >= 0.3 is 0 Å². The Bertz CT molecular complexity index is 841. The zero-order valence-electron chi connectivity index (χ0n) is 16.8. The van der Waals surface area contributed by atoms with Crippen LogP contribution in [-0.2, 0) is 26.2 Å². The van der Waals surface area contributed by atoms with Crippen molar-refractivity contribution in [2.24, 2.45) is 0 Å². The first-order chi connectivity index (χ1) is 13.9. The summed E-state index contributed by atoms with van der Waals surface area (Å²) in [5.74, 6) is -0.0263. The Kier molecular flexibility index (Phi) is 7.09. The van der Waals surface area contributed by atoms with Gasteiger partial charge in [-0.05, 0) is 62.1 Å². The highest BCUT2D eigenvalue weighted by molar-refractivity contribution is 9.10. The summed E-state index contributed by atoms with van der Waals surface area (Å²) in [6, 6.07) is 15.5. The predicted molar refractivity (Wildman–Crippen MR) is 118 cm³/mol. The summed E-state index contributed by atoms with van der Waals surface area (Å²) in [6.07, 6.45) is 1.62. The Morgan fingerprint density at radius 1 is 1.03 bits per heavy atom. The first kappa shape index (κ1) is 21.5. The Morgan fingerprint density at radius 2 is 1.66 bits per heavy atom. The number of carbonyl (C=O) groups is 2. The van der Waals surface area contributed by atoms with Gasteiger partial charge in [0.1, 0.15) is 0 Å². The molecular formula is C23H27BrN2O3. The lowest BCUT2D eigenvalue weighted by molar-refractivity contribution is -0.125. The molecule has 6 heteroatoms. The van der Waals surface area contributed by atoms with Crippen molar-refractivity contribution in [2.75, 3.05) is 18.5 Å². The number of amides is 2. The van der Waals surface area contributed by atoms with E-state index in [4.69, 9.17) is 4.74 Å². The van der Waals surface area contributed by atoms with Crippen LogP contribution in [0.3, 0.4) is 0 Å². The molecule has 0 radical (unpaired) electrons. The summed E-state index contributed by atoms with van der Waals surface area (Å²) < 4.78 is 6.51. The van der Waals surface area contributed by atoms with E-state index in [0.717, 1.165) is 21.3 Å². The molecule has 154 valence electrons. The Balaban J connectivity index is 1.73. The van der Waals surface area contributed by atoms with Crippen molar-refractivity contribution in [2.45, 2.75) is 44.6 Å². The fraction of sp³-hybridized carbons (Fsp3) is 0.391. The maximum Gasteiger partial charge on any atom is 0.235 e. The fourth-order valence-corrected chi connectivity index (χ4v) is 3.92. The molecule has 0 saturated carbocycles. The number of nitrogens with one attached hydrogen (secondary N) is 2. The molecule has 3 rings (SSSR count). The second-order valence-electron chi connectivity index (χ2n) is 7.75. The molecule has 0 unspecified atom stereocenters. The van der Waals surface area contributed by atoms with Crippen LogP contribution in [0.1, 0.15) is 37.8 Å². The number of carbonyl (C=O) groups excluding carboxylic acids is 2. The van der Waals surface area contributed by atoms with Crippen molar-refractivity contribution >= 4 is 33.4 Å². The molecule has 1 aliphatic heterocycles. The van der Waals surface area contributed by atoms with Gasteiger partial charge in [-0.25, -0.2) is 0 Å². The van der Waals surface area contributed by atoms with Crippen molar-refractivity contribution in [1.82, 2.24) is 5.32 Å². The smallest absolute Gasteiger partial charge is 0.235 e. The third-order valence-corrected chi connectivity index (χ3v) is 5.73. The van der Waals surface area contributed by atoms with Crippen LogP contribution in [0.2, 0.25) is 0 Å². The van der Waals surface area contributed by atoms with Crippen molar-refractivity contribution < 1.29 is 14.3 Å². The summed E-state index contributed by atoms with van der Waals surface area (Å²) in [4.78, 5) is 25.2. The van der Waals surface area contributed by atoms with E-state index in [9.17, 15) is 9.59 Å². The molecule has 5 nitrogen and oxygen atoms in total. The number of hydrogen-bond acceptors (Lipinski definition) is 3. The first-order valence-corrected chi connectivity index (χ1v) is 10.7. The van der Waals surface area contributed by atoms with Crippen LogP contribution in [0.4, 0.5) is 5.69 Å². The summed E-state index contributed by atoms with van der Waals surface area (Å²) >= 11 is 3.46. The largest absolute Gasteiger partial charge is 0.381 e. The third kappa shape index (κ3) is 5.46. The molecule has 1 saturated heterocycles. The molecule has 0 aliphatic carbocycles. The Labute approximate surface area is 180 Å². The monoisotopic (exact) mass is 458 g/mol. The molecule has 0 aromatic heterocycles. The highest BCUT2D eigenvalue weighted by Gasteiger charge is 2.41. The van der Waals surface area contributed by atoms with E-state index < -0.39 is 5.41 Å². The SMILES string of the molecule is CC(C)NC(=O)Cc1ccc(NC(=O)C2(c3ccc(Br)cc3)CCOCC2)cc1. The standard InChI is InChI=1S/C23H27BrN2O3/c1-16(2)25-21(27)15-17-3-9-20(10-4-17)26-22(28)23(11-13-29-14-12-23)18-5-7-19(24)8-6-18/h3-10,16H,11-15H2,1-2H3,(H,25,27)(H,26,28). The molecule has 2 amide bonds. The number of hydrogen-bond donors (Lipinski definition) is 2. The molecule has 0 bridgehead atoms. The minimum absolute atomic E-state index is 0.00631. The maximum atomic E-state index is 13.3. The van der Waals surface area contributed by atoms with E-state index in [1.54, 1.807) is 0 Å². The summed E-state index contributed by atoms with van der Waals surface area (Å²) in [7, 11) is 0. The van der Waals surface area contributed by atoms with Gasteiger partial charge < -0.3 is 15.4 Å². The van der Waals surface area contributed by atoms with Crippen LogP contribution in [0, 0.1) is 0 Å². The van der Waals surface area contributed by atoms with E-state index >= 15 is 0 Å². The van der Waals surface area contributed by atoms with Crippen LogP contribution in [0.25, 0.3) is 0 Å². The Hall–Kier alpha value is -2.18. The second-order valence-corrected chi connectivity index (χ2v) is 8.67. The van der Waals surface area contributed by atoms with Gasteiger partial charge in [0.05, 0.1) is 11.8 Å². The molecule has 0 spiro atoms. The normalized spacial score (nSPS) is 15.7. The average Bonchev–Trinajstić information content (AvgIpc) is 2.70. The van der Waals surface area contributed by atoms with Gasteiger partial charge in [-0.2, -0.15) is 0 Å². The van der Waals surface area contributed by atoms with Crippen molar-refractivity contribution in [3.8, 4) is 0 Å². The highest BCUT2D eigenvalue weighted by atomic mass is 79.9. The average molecular weight is 459 g/mol. The van der Waals surface area contributed by atoms with Gasteiger partial charge in [-0.1, -0.05) is 40.2 Å². The molecule has 29 heavy (non-hydrogen) atoms. The molecule has 1 heterocycles. The molecule has 2 aromatic carbocycles. The van der Waals surface area contributed by atoms with E-state index in [0.29, 0.717) is 32.5 Å². The molecule has 2 aromatic rings. The fourth-order valence-electron chi connectivity index (χ4n) is 3.65. The van der Waals surface area contributed by atoms with E-state index in [-0.39, 0.29) is 17.9 Å². The minimum atomic E-state index is -0.602. The van der Waals surface area contributed by atoms with Crippen molar-refractivity contribution in [3.63, 3.8) is 0 Å². The van der Waals surface area contributed by atoms with Gasteiger partial charge in [0.25, 0.3) is 0 Å². The number of benzene rings is 2. The zero-order chi connectivity index (χ0) is 20.9. The summed E-state index contributed by atoms with van der Waals surface area (Å²) in [5, 5.41) is 5.96. The van der Waals surface area contributed by atoms with Gasteiger partial charge in [0, 0.05) is 29.4 Å². The quantitative estimate of drug-likeness (QED) is 0.681. The van der Waals surface area contributed by atoms with Crippen LogP contribution < -0.4 is 10.6 Å². The van der Waals surface area contributed by atoms with Gasteiger partial charge in [0.15, 0.2) is 0 Å². The van der Waals surface area contributed by atoms with Crippen molar-refractivity contribution in [1.29, 1.82) is 0 Å². The van der Waals surface area contributed by atoms with Crippen LogP contribution in [-0.4, -0.2) is 31.1 Å². The topological polar surface area (TPSA) is 67.4 Å². The zero-order valence-corrected chi connectivity index (χ0v) is 18.4. The molecule has 1 fully saturated rings. The Morgan fingerprint density at radius 3 is 2.24 bits per heavy atom. The van der Waals surface area contributed by atoms with Crippen LogP contribution >= 0.6 is 15.9 Å². The van der Waals surface area contributed by atoms with Crippen LogP contribution in [0.15, 0.2) is 53.0 Å². The molecule has 1 aliphatic rings. The van der Waals surface area contributed by atoms with E-state index in [2.05, 4.69) is 26.6 Å².